The van der Waals surface area contributed by atoms with Gasteiger partial charge in [-0.05, 0) is 129 Å². The van der Waals surface area contributed by atoms with E-state index in [1.165, 1.54) is 48.3 Å². The van der Waals surface area contributed by atoms with E-state index >= 15 is 0 Å². The maximum Gasteiger partial charge on any atom is 0.268 e. The summed E-state index contributed by atoms with van der Waals surface area (Å²) in [4.78, 5) is 37.3. The molecule has 1 spiro atoms. The van der Waals surface area contributed by atoms with Crippen LogP contribution in [0.25, 0.3) is 11.0 Å². The third-order valence-corrected chi connectivity index (χ3v) is 17.6. The number of aliphatic hydroxyl groups is 1. The number of halogens is 1. The summed E-state index contributed by atoms with van der Waals surface area (Å²) in [5.41, 5.74) is 5.82. The maximum atomic E-state index is 14.7. The standard InChI is InChI=1S/C56H69FN10O6S/c1-36(2)44-8-6-7-9-45(44)50-35-65(34-39-14-19-58-37(3)24-39)22-23-67(50)41-28-56(29-41)17-20-66(21-18-56)40-10-11-46(51(25-40)73-42-26-47-48(57)33-62-52(47)60-31-42)54(68)63-74(71,72)43-27-49(64(5)70)53(61-32-43)59-30-38-12-15-55(4,69)16-13-38/h6-11,14,19,24-27,31-33,36,38,41,50,64,69H,12-13,15-18,20-23,28-30,34-35H2,1-5H3,(H,59,61)(H,60,62)(H,63,68)/t38?,50-,55?/m0/s1. The second-order valence-corrected chi connectivity index (χ2v) is 23.7. The predicted octanol–water partition coefficient (Wildman–Crippen LogP) is 8.14. The summed E-state index contributed by atoms with van der Waals surface area (Å²) in [5, 5.41) is 26.2. The van der Waals surface area contributed by atoms with Crippen molar-refractivity contribution in [1.29, 1.82) is 0 Å². The van der Waals surface area contributed by atoms with Gasteiger partial charge < -0.3 is 35.3 Å². The molecule has 2 saturated heterocycles. The van der Waals surface area contributed by atoms with Crippen LogP contribution in [-0.4, -0.2) is 107 Å². The second kappa shape index (κ2) is 20.9. The van der Waals surface area contributed by atoms with Crippen LogP contribution < -0.4 is 24.7 Å². The van der Waals surface area contributed by atoms with Gasteiger partial charge in [0, 0.05) is 93.8 Å². The number of fused-ring (bicyclic) bond motifs is 1. The van der Waals surface area contributed by atoms with Gasteiger partial charge in [-0.15, -0.1) is 0 Å². The van der Waals surface area contributed by atoms with Crippen LogP contribution in [0.15, 0.2) is 96.4 Å². The number of carbonyl (C=O) groups excluding carboxylic acids is 1. The van der Waals surface area contributed by atoms with Gasteiger partial charge in [-0.25, -0.2) is 27.5 Å². The number of hydrogen-bond donors (Lipinski definition) is 5. The van der Waals surface area contributed by atoms with Gasteiger partial charge in [-0.3, -0.25) is 19.6 Å². The van der Waals surface area contributed by atoms with Crippen molar-refractivity contribution in [1.82, 2.24) is 34.5 Å². The Kier molecular flexibility index (Phi) is 14.6. The number of sulfonamides is 1. The zero-order valence-electron chi connectivity index (χ0n) is 43.0. The quantitative estimate of drug-likeness (QED) is 0.0619. The number of H-pyrrole nitrogens is 1. The van der Waals surface area contributed by atoms with Crippen molar-refractivity contribution in [3.8, 4) is 11.5 Å². The number of anilines is 2. The fourth-order valence-corrected chi connectivity index (χ4v) is 12.9. The number of quaternary nitrogens is 1. The molecule has 392 valence electrons. The van der Waals surface area contributed by atoms with Gasteiger partial charge in [-0.2, -0.15) is 0 Å². The summed E-state index contributed by atoms with van der Waals surface area (Å²) in [6, 6.07) is 21.9. The summed E-state index contributed by atoms with van der Waals surface area (Å²) in [5.74, 6) is -0.353. The Labute approximate surface area is 433 Å². The molecular formula is C56H69FN10O6S. The number of rotatable bonds is 15. The number of piperidine rings is 1. The first kappa shape index (κ1) is 51.5. The number of hydroxylamine groups is 1. The number of aromatic nitrogens is 4. The minimum absolute atomic E-state index is 0.0635. The molecule has 6 aromatic rings. The highest BCUT2D eigenvalue weighted by molar-refractivity contribution is 7.90. The molecular weight excluding hydrogens is 960 g/mol. The third-order valence-electron chi connectivity index (χ3n) is 16.3. The second-order valence-electron chi connectivity index (χ2n) is 22.0. The molecule has 2 atom stereocenters. The number of nitrogens with one attached hydrogen (secondary N) is 4. The van der Waals surface area contributed by atoms with Crippen LogP contribution in [0.5, 0.6) is 11.5 Å². The third kappa shape index (κ3) is 11.2. The van der Waals surface area contributed by atoms with Gasteiger partial charge in [-0.1, -0.05) is 38.1 Å². The number of aryl methyl sites for hydroxylation is 1. The molecule has 10 rings (SSSR count). The first-order valence-corrected chi connectivity index (χ1v) is 27.6. The number of nitrogens with zero attached hydrogens (tertiary/aromatic N) is 6. The largest absolute Gasteiger partial charge is 0.629 e. The van der Waals surface area contributed by atoms with Gasteiger partial charge in [0.25, 0.3) is 15.9 Å². The molecule has 1 amide bonds. The molecule has 2 saturated carbocycles. The van der Waals surface area contributed by atoms with E-state index in [2.05, 4.69) is 94.9 Å². The lowest BCUT2D eigenvalue weighted by Gasteiger charge is -2.58. The van der Waals surface area contributed by atoms with Gasteiger partial charge >= 0.3 is 0 Å². The van der Waals surface area contributed by atoms with E-state index in [0.717, 1.165) is 95.4 Å². The fourth-order valence-electron chi connectivity index (χ4n) is 11.9. The molecule has 18 heteroatoms. The number of carbonyl (C=O) groups is 1. The van der Waals surface area contributed by atoms with E-state index in [0.29, 0.717) is 37.0 Å². The zero-order valence-corrected chi connectivity index (χ0v) is 43.9. The first-order chi connectivity index (χ1) is 35.4. The number of ether oxygens (including phenoxy) is 1. The molecule has 4 aromatic heterocycles. The monoisotopic (exact) mass is 1030 g/mol. The van der Waals surface area contributed by atoms with E-state index in [-0.39, 0.29) is 56.2 Å². The van der Waals surface area contributed by atoms with Crippen LogP contribution in [-0.2, 0) is 16.6 Å². The highest BCUT2D eigenvalue weighted by Gasteiger charge is 2.50. The number of pyridine rings is 3. The molecule has 2 aromatic carbocycles. The molecule has 4 aliphatic rings. The number of amides is 1. The van der Waals surface area contributed by atoms with E-state index < -0.39 is 32.4 Å². The SMILES string of the molecule is Cc1cc(CN2CCN(C3CC4(CCN(c5ccc(C(=O)NS(=O)(=O)c6cnc(NCC7CCC(C)(O)CC7)c([NH+](C)[O-])c6)c(Oc6cnc7[nH]cc(F)c7c6)c5)CC4)C3)[C@H](c3ccccc3C(C)C)C2)ccn1. The lowest BCUT2D eigenvalue weighted by molar-refractivity contribution is -0.751. The van der Waals surface area contributed by atoms with Crippen LogP contribution in [0.1, 0.15) is 117 Å². The maximum absolute atomic E-state index is 14.7. The summed E-state index contributed by atoms with van der Waals surface area (Å²) in [7, 11) is -3.22. The molecule has 5 N–H and O–H groups in total. The van der Waals surface area contributed by atoms with Crippen LogP contribution in [0.2, 0.25) is 0 Å². The number of hydrogen-bond acceptors (Lipinski definition) is 13. The molecule has 0 radical (unpaired) electrons. The van der Waals surface area contributed by atoms with E-state index in [4.69, 9.17) is 4.74 Å². The lowest BCUT2D eigenvalue weighted by Crippen LogP contribution is -2.98. The van der Waals surface area contributed by atoms with Crippen molar-refractivity contribution in [2.24, 2.45) is 11.3 Å². The molecule has 2 aliphatic carbocycles. The number of aromatic amines is 1. The minimum atomic E-state index is -4.55. The lowest BCUT2D eigenvalue weighted by atomic mass is 9.59. The summed E-state index contributed by atoms with van der Waals surface area (Å²) >= 11 is 0. The Balaban J connectivity index is 0.840. The van der Waals surface area contributed by atoms with E-state index in [1.807, 2.05) is 20.0 Å². The van der Waals surface area contributed by atoms with Gasteiger partial charge in [0.1, 0.15) is 27.9 Å². The number of piperazine rings is 1. The van der Waals surface area contributed by atoms with Crippen molar-refractivity contribution in [2.45, 2.75) is 114 Å². The smallest absolute Gasteiger partial charge is 0.268 e. The Hall–Kier alpha value is -6.02. The van der Waals surface area contributed by atoms with Crippen molar-refractivity contribution in [3.63, 3.8) is 0 Å². The van der Waals surface area contributed by atoms with Crippen molar-refractivity contribution >= 4 is 44.2 Å². The molecule has 1 unspecified atom stereocenters. The van der Waals surface area contributed by atoms with Crippen LogP contribution >= 0.6 is 0 Å². The van der Waals surface area contributed by atoms with Gasteiger partial charge in [0.05, 0.1) is 36.0 Å². The molecule has 2 aliphatic heterocycles. The average molecular weight is 1030 g/mol. The normalized spacial score (nSPS) is 22.2. The summed E-state index contributed by atoms with van der Waals surface area (Å²) in [6.07, 6.45) is 12.8. The first-order valence-electron chi connectivity index (χ1n) is 26.1. The minimum Gasteiger partial charge on any atom is -0.629 e. The van der Waals surface area contributed by atoms with Crippen LogP contribution in [0, 0.1) is 29.3 Å². The molecule has 6 heterocycles. The van der Waals surface area contributed by atoms with Crippen LogP contribution in [0.3, 0.4) is 0 Å². The summed E-state index contributed by atoms with van der Waals surface area (Å²) in [6.45, 7) is 14.4. The van der Waals surface area contributed by atoms with Gasteiger partial charge in [0.2, 0.25) is 0 Å². The van der Waals surface area contributed by atoms with Crippen molar-refractivity contribution < 1.29 is 32.5 Å². The Morgan fingerprint density at radius 2 is 1.76 bits per heavy atom. The Morgan fingerprint density at radius 3 is 2.50 bits per heavy atom. The molecule has 74 heavy (non-hydrogen) atoms. The van der Waals surface area contributed by atoms with Gasteiger partial charge in [0.15, 0.2) is 11.5 Å². The van der Waals surface area contributed by atoms with Crippen molar-refractivity contribution in [3.05, 3.63) is 130 Å². The Morgan fingerprint density at radius 1 is 0.986 bits per heavy atom. The number of benzene rings is 2. The molecule has 0 bridgehead atoms. The van der Waals surface area contributed by atoms with E-state index in [9.17, 15) is 27.9 Å². The average Bonchev–Trinajstić information content (AvgIpc) is 3.74. The summed E-state index contributed by atoms with van der Waals surface area (Å²) < 4.78 is 51.1. The zero-order chi connectivity index (χ0) is 51.9. The predicted molar refractivity (Wildman–Crippen MR) is 284 cm³/mol. The van der Waals surface area contributed by atoms with Crippen molar-refractivity contribution in [2.75, 3.05) is 56.5 Å². The molecule has 16 nitrogen and oxygen atoms in total. The highest BCUT2D eigenvalue weighted by atomic mass is 32.2. The Bertz CT molecular complexity index is 3100. The van der Waals surface area contributed by atoms with E-state index in [1.54, 1.807) is 18.2 Å². The molecule has 4 fully saturated rings. The fraction of sp³-hybridized carbons (Fsp3) is 0.464. The topological polar surface area (TPSA) is 196 Å². The highest BCUT2D eigenvalue weighted by Crippen LogP contribution is 2.53. The van der Waals surface area contributed by atoms with Crippen LogP contribution in [0.4, 0.5) is 21.6 Å².